The Hall–Kier alpha value is -1.79. The number of carbonyl (C=O) groups is 3. The third-order valence-electron chi connectivity index (χ3n) is 1.99. The summed E-state index contributed by atoms with van der Waals surface area (Å²) < 4.78 is 4.64. The molecule has 0 saturated carbocycles. The fraction of sp³-hybridized carbons (Fsp3) is 0.727. The van der Waals surface area contributed by atoms with Gasteiger partial charge in [0.1, 0.15) is 12.6 Å². The Morgan fingerprint density at radius 3 is 2.39 bits per heavy atom. The Morgan fingerprint density at radius 1 is 1.17 bits per heavy atom. The molecule has 0 bridgehead atoms. The fourth-order valence-corrected chi connectivity index (χ4v) is 1.08. The van der Waals surface area contributed by atoms with Crippen molar-refractivity contribution < 1.29 is 19.1 Å². The number of hydrogen-bond acceptors (Lipinski definition) is 4. The molecule has 0 rings (SSSR count). The molecule has 0 aliphatic rings. The lowest BCUT2D eigenvalue weighted by Gasteiger charge is -2.14. The van der Waals surface area contributed by atoms with E-state index in [9.17, 15) is 14.4 Å². The van der Waals surface area contributed by atoms with Crippen LogP contribution in [-0.4, -0.2) is 43.6 Å². The second-order valence-electron chi connectivity index (χ2n) is 3.64. The third-order valence-corrected chi connectivity index (χ3v) is 1.99. The predicted molar refractivity (Wildman–Crippen MR) is 65.9 cm³/mol. The first-order valence-corrected chi connectivity index (χ1v) is 5.98. The fourth-order valence-electron chi connectivity index (χ4n) is 1.08. The van der Waals surface area contributed by atoms with E-state index in [0.29, 0.717) is 6.54 Å². The number of carbonyl (C=O) groups excluding carboxylic acids is 3. The normalized spacial score (nSPS) is 11.3. The number of ether oxygens (including phenoxy) is 1. The highest BCUT2D eigenvalue weighted by Gasteiger charge is 2.15. The lowest BCUT2D eigenvalue weighted by atomic mass is 10.3. The number of urea groups is 1. The largest absolute Gasteiger partial charge is 0.465 e. The van der Waals surface area contributed by atoms with Crippen LogP contribution in [0.25, 0.3) is 0 Å². The van der Waals surface area contributed by atoms with Gasteiger partial charge in [0, 0.05) is 6.54 Å². The Balaban J connectivity index is 3.86. The zero-order valence-electron chi connectivity index (χ0n) is 11.0. The maximum atomic E-state index is 11.4. The molecular formula is C11H21N3O4. The molecule has 0 fully saturated rings. The Bertz CT molecular complexity index is 294. The van der Waals surface area contributed by atoms with Gasteiger partial charge < -0.3 is 20.7 Å². The number of nitrogens with one attached hydrogen (secondary N) is 3. The minimum atomic E-state index is -0.654. The summed E-state index contributed by atoms with van der Waals surface area (Å²) in [5.74, 6) is -0.779. The number of esters is 1. The molecule has 7 heteroatoms. The molecule has 18 heavy (non-hydrogen) atoms. The van der Waals surface area contributed by atoms with Crippen LogP contribution in [0.1, 0.15) is 27.2 Å². The molecule has 1 atom stereocenters. The van der Waals surface area contributed by atoms with Crippen molar-refractivity contribution in [1.29, 1.82) is 0 Å². The second-order valence-corrected chi connectivity index (χ2v) is 3.64. The summed E-state index contributed by atoms with van der Waals surface area (Å²) in [5, 5.41) is 7.37. The molecule has 0 spiro atoms. The van der Waals surface area contributed by atoms with E-state index in [1.165, 1.54) is 0 Å². The summed E-state index contributed by atoms with van der Waals surface area (Å²) >= 11 is 0. The van der Waals surface area contributed by atoms with Crippen molar-refractivity contribution in [2.75, 3.05) is 19.7 Å². The maximum Gasteiger partial charge on any atom is 0.325 e. The van der Waals surface area contributed by atoms with Crippen molar-refractivity contribution in [2.24, 2.45) is 0 Å². The average molecular weight is 259 g/mol. The van der Waals surface area contributed by atoms with Gasteiger partial charge in [0.2, 0.25) is 5.91 Å². The molecule has 0 heterocycles. The van der Waals surface area contributed by atoms with Gasteiger partial charge in [0.05, 0.1) is 6.61 Å². The summed E-state index contributed by atoms with van der Waals surface area (Å²) in [6.45, 7) is 5.79. The van der Waals surface area contributed by atoms with E-state index in [2.05, 4.69) is 20.7 Å². The number of rotatable bonds is 7. The van der Waals surface area contributed by atoms with Gasteiger partial charge in [-0.2, -0.15) is 0 Å². The molecule has 3 amide bonds. The number of amides is 3. The van der Waals surface area contributed by atoms with E-state index in [4.69, 9.17) is 0 Å². The van der Waals surface area contributed by atoms with Crippen LogP contribution in [0.4, 0.5) is 4.79 Å². The minimum absolute atomic E-state index is 0.219. The van der Waals surface area contributed by atoms with E-state index in [-0.39, 0.29) is 19.1 Å². The van der Waals surface area contributed by atoms with Crippen molar-refractivity contribution >= 4 is 17.9 Å². The summed E-state index contributed by atoms with van der Waals surface area (Å²) in [4.78, 5) is 33.7. The molecule has 0 aromatic heterocycles. The zero-order chi connectivity index (χ0) is 14.0. The quantitative estimate of drug-likeness (QED) is 0.550. The number of hydrogen-bond donors (Lipinski definition) is 3. The monoisotopic (exact) mass is 259 g/mol. The summed E-state index contributed by atoms with van der Waals surface area (Å²) in [6.07, 6.45) is 0.827. The smallest absolute Gasteiger partial charge is 0.325 e. The van der Waals surface area contributed by atoms with Gasteiger partial charge in [-0.15, -0.1) is 0 Å². The van der Waals surface area contributed by atoms with Crippen LogP contribution in [0.3, 0.4) is 0 Å². The van der Waals surface area contributed by atoms with Crippen LogP contribution in [0.5, 0.6) is 0 Å². The highest BCUT2D eigenvalue weighted by molar-refractivity contribution is 5.87. The third kappa shape index (κ3) is 7.48. The SMILES string of the molecule is CCCNC(=O)C(C)NC(=O)NCC(=O)OCC. The van der Waals surface area contributed by atoms with Crippen LogP contribution in [0.15, 0.2) is 0 Å². The summed E-state index contributed by atoms with van der Waals surface area (Å²) in [5.41, 5.74) is 0. The molecule has 0 aliphatic heterocycles. The zero-order valence-corrected chi connectivity index (χ0v) is 11.0. The van der Waals surface area contributed by atoms with Gasteiger partial charge in [-0.3, -0.25) is 9.59 Å². The molecule has 0 aromatic carbocycles. The van der Waals surface area contributed by atoms with E-state index in [0.717, 1.165) is 6.42 Å². The van der Waals surface area contributed by atoms with E-state index < -0.39 is 18.0 Å². The lowest BCUT2D eigenvalue weighted by Crippen LogP contribution is -2.49. The minimum Gasteiger partial charge on any atom is -0.465 e. The van der Waals surface area contributed by atoms with Crippen molar-refractivity contribution in [3.05, 3.63) is 0 Å². The highest BCUT2D eigenvalue weighted by atomic mass is 16.5. The van der Waals surface area contributed by atoms with Crippen LogP contribution in [-0.2, 0) is 14.3 Å². The Kier molecular flexibility index (Phi) is 8.34. The standard InChI is InChI=1S/C11H21N3O4/c1-4-6-12-10(16)8(3)14-11(17)13-7-9(15)18-5-2/h8H,4-7H2,1-3H3,(H,12,16)(H2,13,14,17). The van der Waals surface area contributed by atoms with Crippen molar-refractivity contribution in [2.45, 2.75) is 33.2 Å². The van der Waals surface area contributed by atoms with Gasteiger partial charge >= 0.3 is 12.0 Å². The van der Waals surface area contributed by atoms with Gasteiger partial charge in [-0.25, -0.2) is 4.79 Å². The van der Waals surface area contributed by atoms with Crippen LogP contribution >= 0.6 is 0 Å². The summed E-state index contributed by atoms with van der Waals surface area (Å²) in [6, 6.07) is -1.24. The van der Waals surface area contributed by atoms with Gasteiger partial charge in [-0.05, 0) is 20.3 Å². The molecular weight excluding hydrogens is 238 g/mol. The maximum absolute atomic E-state index is 11.4. The topological polar surface area (TPSA) is 96.5 Å². The first-order chi connectivity index (χ1) is 8.51. The van der Waals surface area contributed by atoms with E-state index >= 15 is 0 Å². The van der Waals surface area contributed by atoms with Gasteiger partial charge in [0.15, 0.2) is 0 Å². The molecule has 0 saturated heterocycles. The molecule has 0 radical (unpaired) electrons. The first-order valence-electron chi connectivity index (χ1n) is 5.98. The Morgan fingerprint density at radius 2 is 1.83 bits per heavy atom. The highest BCUT2D eigenvalue weighted by Crippen LogP contribution is 1.83. The average Bonchev–Trinajstić information content (AvgIpc) is 2.33. The predicted octanol–water partition coefficient (Wildman–Crippen LogP) is -0.237. The molecule has 0 aromatic rings. The van der Waals surface area contributed by atoms with Gasteiger partial charge in [0.25, 0.3) is 0 Å². The molecule has 7 nitrogen and oxygen atoms in total. The molecule has 3 N–H and O–H groups in total. The molecule has 104 valence electrons. The molecule has 0 aliphatic carbocycles. The van der Waals surface area contributed by atoms with Gasteiger partial charge in [-0.1, -0.05) is 6.92 Å². The lowest BCUT2D eigenvalue weighted by molar-refractivity contribution is -0.141. The van der Waals surface area contributed by atoms with Crippen LogP contribution < -0.4 is 16.0 Å². The summed E-state index contributed by atoms with van der Waals surface area (Å²) in [7, 11) is 0. The first kappa shape index (κ1) is 16.2. The molecule has 1 unspecified atom stereocenters. The van der Waals surface area contributed by atoms with Crippen LogP contribution in [0.2, 0.25) is 0 Å². The van der Waals surface area contributed by atoms with Crippen molar-refractivity contribution in [1.82, 2.24) is 16.0 Å². The van der Waals surface area contributed by atoms with Crippen molar-refractivity contribution in [3.63, 3.8) is 0 Å². The van der Waals surface area contributed by atoms with Crippen molar-refractivity contribution in [3.8, 4) is 0 Å². The second kappa shape index (κ2) is 9.26. The Labute approximate surface area is 107 Å². The van der Waals surface area contributed by atoms with E-state index in [1.807, 2.05) is 6.92 Å². The van der Waals surface area contributed by atoms with Crippen LogP contribution in [0, 0.1) is 0 Å². The van der Waals surface area contributed by atoms with E-state index in [1.54, 1.807) is 13.8 Å².